The van der Waals surface area contributed by atoms with Crippen molar-refractivity contribution in [2.24, 2.45) is 0 Å². The van der Waals surface area contributed by atoms with Crippen molar-refractivity contribution in [2.45, 2.75) is 45.7 Å². The van der Waals surface area contributed by atoms with Crippen LogP contribution in [0.15, 0.2) is 93.5 Å². The lowest BCUT2D eigenvalue weighted by Crippen LogP contribution is -2.42. The first-order valence-corrected chi connectivity index (χ1v) is 13.0. The molecule has 0 spiro atoms. The van der Waals surface area contributed by atoms with Gasteiger partial charge in [0.2, 0.25) is 0 Å². The number of hydrogen-bond acceptors (Lipinski definition) is 5. The highest BCUT2D eigenvalue weighted by molar-refractivity contribution is 7.97. The van der Waals surface area contributed by atoms with Gasteiger partial charge in [0, 0.05) is 5.56 Å². The summed E-state index contributed by atoms with van der Waals surface area (Å²) in [7, 11) is -6.11. The van der Waals surface area contributed by atoms with Crippen LogP contribution >= 0.6 is 0 Å². The zero-order chi connectivity index (χ0) is 24.6. The Bertz CT molecular complexity index is 1230. The second-order valence-electron chi connectivity index (χ2n) is 7.76. The van der Waals surface area contributed by atoms with Gasteiger partial charge in [0.05, 0.1) is 10.9 Å². The van der Waals surface area contributed by atoms with E-state index >= 15 is 0 Å². The molecule has 0 radical (unpaired) electrons. The zero-order valence-corrected chi connectivity index (χ0v) is 20.0. The third-order valence-corrected chi connectivity index (χ3v) is 8.70. The van der Waals surface area contributed by atoms with Crippen molar-refractivity contribution in [3.8, 4) is 5.75 Å². The Hall–Kier alpha value is -2.50. The molecule has 180 valence electrons. The SMILES string of the molecule is CC(Oc1ccc([S+](c2ccccc2)c2ccc(C3(C)OCO3)cc2)cc1)C(F)(F)S(=O)(=O)O. The average molecular weight is 510 g/mol. The number of rotatable bonds is 8. The maximum Gasteiger partial charge on any atom is 0.405 e. The molecule has 1 aliphatic heterocycles. The van der Waals surface area contributed by atoms with Gasteiger partial charge in [-0.1, -0.05) is 18.2 Å². The van der Waals surface area contributed by atoms with E-state index in [2.05, 4.69) is 0 Å². The number of alkyl halides is 2. The maximum absolute atomic E-state index is 13.8. The van der Waals surface area contributed by atoms with Gasteiger partial charge >= 0.3 is 15.4 Å². The van der Waals surface area contributed by atoms with Gasteiger partial charge < -0.3 is 14.2 Å². The number of ether oxygens (including phenoxy) is 3. The van der Waals surface area contributed by atoms with Crippen molar-refractivity contribution < 1.29 is 36.0 Å². The molecule has 2 atom stereocenters. The Labute approximate surface area is 199 Å². The van der Waals surface area contributed by atoms with Crippen LogP contribution in [-0.4, -0.2) is 31.1 Å². The molecule has 6 nitrogen and oxygen atoms in total. The van der Waals surface area contributed by atoms with Crippen LogP contribution in [0.25, 0.3) is 0 Å². The van der Waals surface area contributed by atoms with Crippen LogP contribution < -0.4 is 4.74 Å². The molecule has 0 saturated carbocycles. The molecule has 0 aliphatic carbocycles. The molecule has 1 saturated heterocycles. The average Bonchev–Trinajstić information content (AvgIpc) is 2.79. The highest BCUT2D eigenvalue weighted by Crippen LogP contribution is 2.37. The molecule has 1 fully saturated rings. The smallest absolute Gasteiger partial charge is 0.405 e. The molecule has 0 aromatic heterocycles. The third kappa shape index (κ3) is 4.82. The highest BCUT2D eigenvalue weighted by Gasteiger charge is 2.51. The molecule has 1 N–H and O–H groups in total. The summed E-state index contributed by atoms with van der Waals surface area (Å²) in [5.74, 6) is -0.692. The first-order valence-electron chi connectivity index (χ1n) is 10.3. The van der Waals surface area contributed by atoms with Gasteiger partial charge in [-0.3, -0.25) is 4.55 Å². The van der Waals surface area contributed by atoms with Crippen molar-refractivity contribution in [3.63, 3.8) is 0 Å². The van der Waals surface area contributed by atoms with Gasteiger partial charge in [0.25, 0.3) is 0 Å². The molecular formula is C24H23F2O6S2+. The van der Waals surface area contributed by atoms with E-state index < -0.39 is 38.2 Å². The summed E-state index contributed by atoms with van der Waals surface area (Å²) in [6.45, 7) is 3.00. The predicted octanol–water partition coefficient (Wildman–Crippen LogP) is 5.21. The van der Waals surface area contributed by atoms with Crippen LogP contribution in [0.2, 0.25) is 0 Å². The van der Waals surface area contributed by atoms with Crippen molar-refractivity contribution in [3.05, 3.63) is 84.4 Å². The van der Waals surface area contributed by atoms with E-state index in [1.165, 1.54) is 12.1 Å². The van der Waals surface area contributed by atoms with Gasteiger partial charge in [-0.2, -0.15) is 17.2 Å². The fraction of sp³-hybridized carbons (Fsp3) is 0.250. The topological polar surface area (TPSA) is 82.1 Å². The van der Waals surface area contributed by atoms with Crippen molar-refractivity contribution in [2.75, 3.05) is 6.79 Å². The lowest BCUT2D eigenvalue weighted by Gasteiger charge is -2.38. The minimum atomic E-state index is -5.60. The molecule has 0 bridgehead atoms. The van der Waals surface area contributed by atoms with Crippen LogP contribution in [0.4, 0.5) is 8.78 Å². The zero-order valence-electron chi connectivity index (χ0n) is 18.4. The third-order valence-electron chi connectivity index (χ3n) is 5.45. The van der Waals surface area contributed by atoms with Gasteiger partial charge in [-0.25, -0.2) is 0 Å². The molecule has 10 heteroatoms. The minimum Gasteiger partial charge on any atom is -0.483 e. The van der Waals surface area contributed by atoms with Gasteiger partial charge in [-0.05, 0) is 74.5 Å². The van der Waals surface area contributed by atoms with Crippen molar-refractivity contribution >= 4 is 21.0 Å². The van der Waals surface area contributed by atoms with E-state index in [1.54, 1.807) is 12.1 Å². The molecule has 4 rings (SSSR count). The van der Waals surface area contributed by atoms with E-state index in [4.69, 9.17) is 18.8 Å². The molecule has 1 aliphatic rings. The molecular weight excluding hydrogens is 486 g/mol. The number of halogens is 2. The Morgan fingerprint density at radius 2 is 1.44 bits per heavy atom. The van der Waals surface area contributed by atoms with Gasteiger partial charge in [-0.15, -0.1) is 0 Å². The lowest BCUT2D eigenvalue weighted by molar-refractivity contribution is -0.399. The molecule has 3 aromatic carbocycles. The monoisotopic (exact) mass is 509 g/mol. The summed E-state index contributed by atoms with van der Waals surface area (Å²) < 4.78 is 74.5. The number of benzene rings is 3. The van der Waals surface area contributed by atoms with E-state index in [9.17, 15) is 17.2 Å². The molecule has 34 heavy (non-hydrogen) atoms. The summed E-state index contributed by atoms with van der Waals surface area (Å²) >= 11 is 0. The van der Waals surface area contributed by atoms with Crippen molar-refractivity contribution in [1.82, 2.24) is 0 Å². The fourth-order valence-corrected chi connectivity index (χ4v) is 5.93. The Balaban J connectivity index is 1.62. The molecule has 1 heterocycles. The maximum atomic E-state index is 13.8. The van der Waals surface area contributed by atoms with Crippen LogP contribution in [0.3, 0.4) is 0 Å². The van der Waals surface area contributed by atoms with E-state index in [0.29, 0.717) is 0 Å². The summed E-state index contributed by atoms with van der Waals surface area (Å²) in [6, 6.07) is 24.2. The van der Waals surface area contributed by atoms with Crippen LogP contribution in [0, 0.1) is 0 Å². The first kappa shape index (κ1) is 24.6. The predicted molar refractivity (Wildman–Crippen MR) is 122 cm³/mol. The normalized spacial score (nSPS) is 17.4. The molecule has 2 unspecified atom stereocenters. The summed E-state index contributed by atoms with van der Waals surface area (Å²) in [4.78, 5) is 2.98. The van der Waals surface area contributed by atoms with Gasteiger partial charge in [0.15, 0.2) is 33.4 Å². The minimum absolute atomic E-state index is 0.0544. The lowest BCUT2D eigenvalue weighted by atomic mass is 10.1. The summed E-state index contributed by atoms with van der Waals surface area (Å²) in [6.07, 6.45) is -2.08. The van der Waals surface area contributed by atoms with Gasteiger partial charge in [0.1, 0.15) is 5.75 Å². The second-order valence-corrected chi connectivity index (χ2v) is 11.3. The van der Waals surface area contributed by atoms with E-state index in [0.717, 1.165) is 27.2 Å². The van der Waals surface area contributed by atoms with Crippen LogP contribution in [0.1, 0.15) is 19.4 Å². The standard InChI is InChI=1S/C24H22F2O6S2/c1-17(24(25,26)34(27,28)29)32-19-10-14-22(15-11-19)33(20-6-4-3-5-7-20)21-12-8-18(9-13-21)23(2)30-16-31-23/h3-15,17H,16H2,1-2H3/p+1. The quantitative estimate of drug-likeness (QED) is 0.332. The Morgan fingerprint density at radius 3 is 1.91 bits per heavy atom. The van der Waals surface area contributed by atoms with Crippen LogP contribution in [0.5, 0.6) is 5.75 Å². The Kier molecular flexibility index (Phi) is 6.71. The van der Waals surface area contributed by atoms with Crippen LogP contribution in [-0.2, 0) is 36.3 Å². The molecule has 3 aromatic rings. The van der Waals surface area contributed by atoms with E-state index in [1.807, 2.05) is 61.5 Å². The highest BCUT2D eigenvalue weighted by atomic mass is 32.2. The largest absolute Gasteiger partial charge is 0.483 e. The summed E-state index contributed by atoms with van der Waals surface area (Å²) in [5.41, 5.74) is 0.900. The fourth-order valence-electron chi connectivity index (χ4n) is 3.40. The Morgan fingerprint density at radius 1 is 0.941 bits per heavy atom. The van der Waals surface area contributed by atoms with Crippen molar-refractivity contribution in [1.29, 1.82) is 0 Å². The number of hydrogen-bond donors (Lipinski definition) is 1. The second kappa shape index (κ2) is 9.27. The first-order chi connectivity index (χ1) is 16.0. The van der Waals surface area contributed by atoms with E-state index in [-0.39, 0.29) is 12.5 Å². The summed E-state index contributed by atoms with van der Waals surface area (Å²) in [5, 5.41) is -4.44. The molecule has 0 amide bonds.